The number of hydrogen-bond donors (Lipinski definition) is 3. The Morgan fingerprint density at radius 1 is 1.28 bits per heavy atom. The van der Waals surface area contributed by atoms with E-state index in [2.05, 4.69) is 21.3 Å². The van der Waals surface area contributed by atoms with Crippen LogP contribution in [0.2, 0.25) is 0 Å². The molecule has 0 aliphatic rings. The molecule has 0 spiro atoms. The third-order valence-corrected chi connectivity index (χ3v) is 3.90. The lowest BCUT2D eigenvalue weighted by molar-refractivity contribution is 0.582. The molecule has 0 bridgehead atoms. The first kappa shape index (κ1) is 12.6. The summed E-state index contributed by atoms with van der Waals surface area (Å²) in [5.74, 6) is 0. The molecular weight excluding hydrogens is 254 g/mol. The van der Waals surface area contributed by atoms with Gasteiger partial charge in [0.2, 0.25) is 10.0 Å². The predicted molar refractivity (Wildman–Crippen MR) is 68.9 cm³/mol. The minimum atomic E-state index is -3.55. The zero-order valence-corrected chi connectivity index (χ0v) is 10.4. The fraction of sp³-hybridized carbons (Fsp3) is 0.182. The number of aromatic amines is 2. The molecule has 7 heteroatoms. The number of sulfonamides is 1. The van der Waals surface area contributed by atoms with Gasteiger partial charge in [-0.15, -0.1) is 6.58 Å². The number of aromatic nitrogens is 2. The smallest absolute Gasteiger partial charge is 0.306 e. The average molecular weight is 267 g/mol. The third kappa shape index (κ3) is 2.52. The second-order valence-corrected chi connectivity index (χ2v) is 5.53. The van der Waals surface area contributed by atoms with Crippen molar-refractivity contribution >= 4 is 21.1 Å². The van der Waals surface area contributed by atoms with Crippen LogP contribution in [0.4, 0.5) is 0 Å². The van der Waals surface area contributed by atoms with Gasteiger partial charge in [-0.25, -0.2) is 17.9 Å². The number of rotatable bonds is 5. The van der Waals surface area contributed by atoms with Crippen LogP contribution in [0, 0.1) is 0 Å². The van der Waals surface area contributed by atoms with E-state index in [0.29, 0.717) is 24.0 Å². The van der Waals surface area contributed by atoms with Crippen LogP contribution < -0.4 is 10.4 Å². The van der Waals surface area contributed by atoms with Crippen LogP contribution in [0.3, 0.4) is 0 Å². The van der Waals surface area contributed by atoms with Gasteiger partial charge >= 0.3 is 5.69 Å². The van der Waals surface area contributed by atoms with Crippen LogP contribution in [-0.4, -0.2) is 24.9 Å². The lowest BCUT2D eigenvalue weighted by Gasteiger charge is -2.05. The lowest BCUT2D eigenvalue weighted by Crippen LogP contribution is -2.24. The summed E-state index contributed by atoms with van der Waals surface area (Å²) in [4.78, 5) is 16.3. The Labute approximate surface area is 104 Å². The number of nitrogens with one attached hydrogen (secondary N) is 3. The lowest BCUT2D eigenvalue weighted by atomic mass is 10.3. The number of fused-ring (bicyclic) bond motifs is 1. The summed E-state index contributed by atoms with van der Waals surface area (Å²) in [7, 11) is -3.55. The molecule has 1 aromatic carbocycles. The molecule has 2 aromatic rings. The van der Waals surface area contributed by atoms with Gasteiger partial charge in [-0.1, -0.05) is 6.08 Å². The van der Waals surface area contributed by atoms with Crippen LogP contribution in [-0.2, 0) is 10.0 Å². The van der Waals surface area contributed by atoms with Crippen LogP contribution in [0.25, 0.3) is 11.0 Å². The number of imidazole rings is 1. The molecule has 0 aliphatic carbocycles. The monoisotopic (exact) mass is 267 g/mol. The molecule has 3 N–H and O–H groups in total. The molecule has 2 rings (SSSR count). The van der Waals surface area contributed by atoms with Gasteiger partial charge in [0, 0.05) is 6.54 Å². The summed E-state index contributed by atoms with van der Waals surface area (Å²) >= 11 is 0. The van der Waals surface area contributed by atoms with Gasteiger partial charge in [0.15, 0.2) is 0 Å². The second kappa shape index (κ2) is 4.79. The molecule has 0 fully saturated rings. The first-order valence-corrected chi connectivity index (χ1v) is 6.84. The SMILES string of the molecule is C=CCCNS(=O)(=O)c1ccc2[nH]c(=O)[nH]c2c1. The van der Waals surface area contributed by atoms with E-state index >= 15 is 0 Å². The molecular formula is C11H13N3O3S. The largest absolute Gasteiger partial charge is 0.323 e. The maximum Gasteiger partial charge on any atom is 0.323 e. The van der Waals surface area contributed by atoms with Crippen LogP contribution in [0.1, 0.15) is 6.42 Å². The van der Waals surface area contributed by atoms with Gasteiger partial charge in [0.05, 0.1) is 15.9 Å². The van der Waals surface area contributed by atoms with Crippen molar-refractivity contribution in [2.45, 2.75) is 11.3 Å². The Balaban J connectivity index is 2.34. The minimum Gasteiger partial charge on any atom is -0.306 e. The highest BCUT2D eigenvalue weighted by molar-refractivity contribution is 7.89. The van der Waals surface area contributed by atoms with Crippen molar-refractivity contribution in [2.24, 2.45) is 0 Å². The van der Waals surface area contributed by atoms with Gasteiger partial charge < -0.3 is 9.97 Å². The van der Waals surface area contributed by atoms with E-state index in [4.69, 9.17) is 0 Å². The molecule has 18 heavy (non-hydrogen) atoms. The fourth-order valence-corrected chi connectivity index (χ4v) is 2.63. The highest BCUT2D eigenvalue weighted by Crippen LogP contribution is 2.14. The fourth-order valence-electron chi connectivity index (χ4n) is 1.56. The summed E-state index contributed by atoms with van der Waals surface area (Å²) in [6.45, 7) is 3.82. The van der Waals surface area contributed by atoms with Gasteiger partial charge in [-0.3, -0.25) is 0 Å². The van der Waals surface area contributed by atoms with Gasteiger partial charge in [-0.05, 0) is 24.6 Å². The Hall–Kier alpha value is -1.86. The zero-order valence-electron chi connectivity index (χ0n) is 9.56. The molecule has 0 atom stereocenters. The summed E-state index contributed by atoms with van der Waals surface area (Å²) in [5, 5.41) is 0. The predicted octanol–water partition coefficient (Wildman–Crippen LogP) is 0.711. The van der Waals surface area contributed by atoms with E-state index in [1.165, 1.54) is 12.1 Å². The molecule has 0 saturated heterocycles. The van der Waals surface area contributed by atoms with Gasteiger partial charge in [-0.2, -0.15) is 0 Å². The molecule has 0 unspecified atom stereocenters. The third-order valence-electron chi connectivity index (χ3n) is 2.44. The average Bonchev–Trinajstić information content (AvgIpc) is 2.68. The summed E-state index contributed by atoms with van der Waals surface area (Å²) in [6, 6.07) is 4.42. The van der Waals surface area contributed by atoms with E-state index in [-0.39, 0.29) is 10.6 Å². The van der Waals surface area contributed by atoms with Crippen molar-refractivity contribution in [2.75, 3.05) is 6.54 Å². The molecule has 96 valence electrons. The van der Waals surface area contributed by atoms with E-state index in [1.54, 1.807) is 12.1 Å². The van der Waals surface area contributed by atoms with Crippen LogP contribution in [0.5, 0.6) is 0 Å². The topological polar surface area (TPSA) is 94.8 Å². The quantitative estimate of drug-likeness (QED) is 0.550. The van der Waals surface area contributed by atoms with E-state index in [9.17, 15) is 13.2 Å². The first-order chi connectivity index (χ1) is 8.53. The Kier molecular flexibility index (Phi) is 3.35. The van der Waals surface area contributed by atoms with Gasteiger partial charge in [0.1, 0.15) is 0 Å². The Morgan fingerprint density at radius 3 is 2.72 bits per heavy atom. The molecule has 6 nitrogen and oxygen atoms in total. The highest BCUT2D eigenvalue weighted by Gasteiger charge is 2.14. The summed E-state index contributed by atoms with van der Waals surface area (Å²) in [5.41, 5.74) is 0.677. The van der Waals surface area contributed by atoms with E-state index < -0.39 is 10.0 Å². The Bertz CT molecular complexity index is 727. The molecule has 1 aromatic heterocycles. The van der Waals surface area contributed by atoms with E-state index in [1.807, 2.05) is 0 Å². The normalized spacial score (nSPS) is 11.8. The number of hydrogen-bond acceptors (Lipinski definition) is 3. The molecule has 0 saturated carbocycles. The molecule has 0 amide bonds. The second-order valence-electron chi connectivity index (χ2n) is 3.76. The first-order valence-electron chi connectivity index (χ1n) is 5.35. The summed E-state index contributed by atoms with van der Waals surface area (Å²) in [6.07, 6.45) is 2.19. The van der Waals surface area contributed by atoms with Crippen molar-refractivity contribution in [1.29, 1.82) is 0 Å². The number of H-pyrrole nitrogens is 2. The zero-order chi connectivity index (χ0) is 13.2. The van der Waals surface area contributed by atoms with Crippen LogP contribution in [0.15, 0.2) is 40.5 Å². The maximum atomic E-state index is 11.9. The van der Waals surface area contributed by atoms with Crippen molar-refractivity contribution in [1.82, 2.24) is 14.7 Å². The standard InChI is InChI=1S/C11H13N3O3S/c1-2-3-6-12-18(16,17)8-4-5-9-10(7-8)14-11(15)13-9/h2,4-5,7,12H,1,3,6H2,(H2,13,14,15). The van der Waals surface area contributed by atoms with Crippen molar-refractivity contribution in [3.8, 4) is 0 Å². The Morgan fingerprint density at radius 2 is 2.00 bits per heavy atom. The van der Waals surface area contributed by atoms with Gasteiger partial charge in [0.25, 0.3) is 0 Å². The number of benzene rings is 1. The van der Waals surface area contributed by atoms with Crippen molar-refractivity contribution in [3.05, 3.63) is 41.3 Å². The minimum absolute atomic E-state index is 0.120. The molecule has 1 heterocycles. The summed E-state index contributed by atoms with van der Waals surface area (Å²) < 4.78 is 26.3. The van der Waals surface area contributed by atoms with Crippen molar-refractivity contribution < 1.29 is 8.42 Å². The highest BCUT2D eigenvalue weighted by atomic mass is 32.2. The van der Waals surface area contributed by atoms with Crippen LogP contribution >= 0.6 is 0 Å². The molecule has 0 aliphatic heterocycles. The van der Waals surface area contributed by atoms with E-state index in [0.717, 1.165) is 0 Å². The maximum absolute atomic E-state index is 11.9. The molecule has 0 radical (unpaired) electrons. The van der Waals surface area contributed by atoms with Crippen molar-refractivity contribution in [3.63, 3.8) is 0 Å².